The standard InChI is InChI=1S/C18H31N3O2/c1-3-4-5-6-7-8-9-10-11-12-17-20-13-14-21(17,16(2)19)15-18(22)23/h5-6,13-14,16H,3-4,7-12,15,19H2,1-2H3/p+1/b6-5+. The van der Waals surface area contributed by atoms with Crippen molar-refractivity contribution in [2.45, 2.75) is 71.4 Å². The van der Waals surface area contributed by atoms with Gasteiger partial charge in [0.15, 0.2) is 6.54 Å². The molecule has 1 aliphatic rings. The molecule has 0 aromatic carbocycles. The highest BCUT2D eigenvalue weighted by Crippen LogP contribution is 2.23. The second-order valence-corrected chi connectivity index (χ2v) is 6.28. The van der Waals surface area contributed by atoms with Crippen molar-refractivity contribution in [3.8, 4) is 0 Å². The van der Waals surface area contributed by atoms with Crippen molar-refractivity contribution >= 4 is 11.8 Å². The van der Waals surface area contributed by atoms with Gasteiger partial charge in [0.25, 0.3) is 0 Å². The molecule has 0 aromatic rings. The number of nitrogens with two attached hydrogens (primary N) is 1. The molecule has 2 atom stereocenters. The number of carbonyl (C=O) groups is 1. The summed E-state index contributed by atoms with van der Waals surface area (Å²) in [5.74, 6) is 0.0330. The first-order valence-electron chi connectivity index (χ1n) is 8.77. The van der Waals surface area contributed by atoms with Crippen LogP contribution < -0.4 is 5.73 Å². The average molecular weight is 322 g/mol. The molecule has 3 N–H and O–H groups in total. The number of amidine groups is 1. The molecule has 130 valence electrons. The van der Waals surface area contributed by atoms with E-state index < -0.39 is 5.97 Å². The first-order valence-corrected chi connectivity index (χ1v) is 8.77. The van der Waals surface area contributed by atoms with E-state index in [1.807, 2.05) is 13.1 Å². The van der Waals surface area contributed by atoms with E-state index in [2.05, 4.69) is 24.1 Å². The highest BCUT2D eigenvalue weighted by atomic mass is 16.4. The Morgan fingerprint density at radius 1 is 1.30 bits per heavy atom. The highest BCUT2D eigenvalue weighted by Gasteiger charge is 2.40. The zero-order valence-electron chi connectivity index (χ0n) is 14.6. The van der Waals surface area contributed by atoms with E-state index in [-0.39, 0.29) is 17.2 Å². The number of carboxylic acids is 1. The van der Waals surface area contributed by atoms with Crippen molar-refractivity contribution in [2.75, 3.05) is 6.54 Å². The molecule has 0 spiro atoms. The third-order valence-electron chi connectivity index (χ3n) is 4.30. The van der Waals surface area contributed by atoms with E-state index in [1.54, 1.807) is 6.20 Å². The molecule has 0 aromatic heterocycles. The Morgan fingerprint density at radius 2 is 2.00 bits per heavy atom. The SMILES string of the molecule is CCC/C=C/CCCCCCC1=NC=C[N+]1(CC(=O)O)C(C)N. The van der Waals surface area contributed by atoms with Crippen LogP contribution in [0.2, 0.25) is 0 Å². The van der Waals surface area contributed by atoms with Crippen molar-refractivity contribution in [2.24, 2.45) is 10.7 Å². The van der Waals surface area contributed by atoms with E-state index >= 15 is 0 Å². The minimum Gasteiger partial charge on any atom is -0.477 e. The normalized spacial score (nSPS) is 21.8. The van der Waals surface area contributed by atoms with Gasteiger partial charge < -0.3 is 5.11 Å². The number of quaternary nitrogens is 1. The summed E-state index contributed by atoms with van der Waals surface area (Å²) in [7, 11) is 0. The van der Waals surface area contributed by atoms with Crippen molar-refractivity contribution in [1.82, 2.24) is 0 Å². The molecular weight excluding hydrogens is 290 g/mol. The molecule has 5 heteroatoms. The molecule has 1 aliphatic heterocycles. The van der Waals surface area contributed by atoms with Crippen molar-refractivity contribution < 1.29 is 14.4 Å². The lowest BCUT2D eigenvalue weighted by Crippen LogP contribution is -2.59. The number of aliphatic imine (C=N–C) groups is 1. The van der Waals surface area contributed by atoms with Gasteiger partial charge in [-0.1, -0.05) is 38.3 Å². The number of rotatable bonds is 12. The summed E-state index contributed by atoms with van der Waals surface area (Å²) in [6, 6.07) is 0. The fourth-order valence-electron chi connectivity index (χ4n) is 2.89. The van der Waals surface area contributed by atoms with Gasteiger partial charge in [0.2, 0.25) is 5.84 Å². The van der Waals surface area contributed by atoms with Crippen LogP contribution in [-0.2, 0) is 4.79 Å². The molecule has 0 saturated carbocycles. The van der Waals surface area contributed by atoms with E-state index in [0.717, 1.165) is 31.5 Å². The smallest absolute Gasteiger partial charge is 0.360 e. The Bertz CT molecular complexity index is 455. The second-order valence-electron chi connectivity index (χ2n) is 6.28. The number of allylic oxidation sites excluding steroid dienone is 2. The summed E-state index contributed by atoms with van der Waals surface area (Å²) in [4.78, 5) is 15.6. The molecule has 0 bridgehead atoms. The molecule has 0 saturated heterocycles. The number of unbranched alkanes of at least 4 members (excludes halogenated alkanes) is 5. The molecule has 0 amide bonds. The van der Waals surface area contributed by atoms with Crippen LogP contribution in [0.15, 0.2) is 29.5 Å². The lowest BCUT2D eigenvalue weighted by atomic mass is 10.1. The van der Waals surface area contributed by atoms with Crippen molar-refractivity contribution in [3.63, 3.8) is 0 Å². The monoisotopic (exact) mass is 322 g/mol. The largest absolute Gasteiger partial charge is 0.477 e. The quantitative estimate of drug-likeness (QED) is 0.326. The summed E-state index contributed by atoms with van der Waals surface area (Å²) in [6.07, 6.45) is 16.7. The third-order valence-corrected chi connectivity index (χ3v) is 4.30. The maximum Gasteiger partial charge on any atom is 0.360 e. The van der Waals surface area contributed by atoms with Gasteiger partial charge in [-0.3, -0.25) is 5.73 Å². The molecule has 0 aliphatic carbocycles. The molecule has 1 rings (SSSR count). The van der Waals surface area contributed by atoms with Crippen LogP contribution in [-0.4, -0.2) is 34.1 Å². The van der Waals surface area contributed by atoms with Crippen LogP contribution in [0.1, 0.15) is 65.2 Å². The molecule has 5 nitrogen and oxygen atoms in total. The Kier molecular flexibility index (Phi) is 8.81. The molecular formula is C18H32N3O2+. The Morgan fingerprint density at radius 3 is 2.65 bits per heavy atom. The molecule has 1 heterocycles. The number of aliphatic carboxylic acids is 1. The van der Waals surface area contributed by atoms with Crippen molar-refractivity contribution in [1.29, 1.82) is 0 Å². The lowest BCUT2D eigenvalue weighted by Gasteiger charge is -2.34. The number of hydrogen-bond donors (Lipinski definition) is 2. The summed E-state index contributed by atoms with van der Waals surface area (Å²) < 4.78 is 0.162. The minimum atomic E-state index is -0.847. The zero-order valence-corrected chi connectivity index (χ0v) is 14.6. The lowest BCUT2D eigenvalue weighted by molar-refractivity contribution is -0.805. The van der Waals surface area contributed by atoms with Gasteiger partial charge >= 0.3 is 5.97 Å². The van der Waals surface area contributed by atoms with Gasteiger partial charge in [0.05, 0.1) is 6.20 Å². The van der Waals surface area contributed by atoms with Gasteiger partial charge in [-0.2, -0.15) is 0 Å². The van der Waals surface area contributed by atoms with Crippen LogP contribution >= 0.6 is 0 Å². The van der Waals surface area contributed by atoms with Gasteiger partial charge in [-0.15, -0.1) is 0 Å². The number of hydrogen-bond acceptors (Lipinski definition) is 3. The minimum absolute atomic E-state index is 0.0325. The van der Waals surface area contributed by atoms with E-state index in [4.69, 9.17) is 10.8 Å². The maximum absolute atomic E-state index is 11.2. The zero-order chi connectivity index (χ0) is 17.1. The number of carboxylic acid groups (broad SMARTS) is 1. The highest BCUT2D eigenvalue weighted by molar-refractivity contribution is 5.81. The fraction of sp³-hybridized carbons (Fsp3) is 0.667. The van der Waals surface area contributed by atoms with E-state index in [9.17, 15) is 4.79 Å². The third kappa shape index (κ3) is 6.28. The van der Waals surface area contributed by atoms with Crippen molar-refractivity contribution in [3.05, 3.63) is 24.6 Å². The summed E-state index contributed by atoms with van der Waals surface area (Å²) in [6.45, 7) is 4.00. The maximum atomic E-state index is 11.2. The molecule has 0 radical (unpaired) electrons. The van der Waals surface area contributed by atoms with Crippen LogP contribution in [0, 0.1) is 0 Å². The van der Waals surface area contributed by atoms with Gasteiger partial charge in [-0.25, -0.2) is 14.3 Å². The van der Waals surface area contributed by atoms with E-state index in [1.165, 1.54) is 25.7 Å². The second kappa shape index (κ2) is 10.3. The Balaban J connectivity index is 2.32. The van der Waals surface area contributed by atoms with Crippen LogP contribution in [0.3, 0.4) is 0 Å². The van der Waals surface area contributed by atoms with Gasteiger partial charge in [-0.05, 0) is 25.7 Å². The summed E-state index contributed by atoms with van der Waals surface area (Å²) in [5, 5.41) is 9.17. The predicted octanol–water partition coefficient (Wildman–Crippen LogP) is 3.77. The van der Waals surface area contributed by atoms with Crippen LogP contribution in [0.5, 0.6) is 0 Å². The van der Waals surface area contributed by atoms with Crippen LogP contribution in [0.4, 0.5) is 0 Å². The number of nitrogens with zero attached hydrogens (tertiary/aromatic N) is 2. The predicted molar refractivity (Wildman–Crippen MR) is 94.7 cm³/mol. The summed E-state index contributed by atoms with van der Waals surface area (Å²) in [5.41, 5.74) is 6.05. The van der Waals surface area contributed by atoms with Gasteiger partial charge in [0, 0.05) is 13.3 Å². The van der Waals surface area contributed by atoms with E-state index in [0.29, 0.717) is 0 Å². The van der Waals surface area contributed by atoms with Gasteiger partial charge in [0.1, 0.15) is 12.4 Å². The molecule has 2 unspecified atom stereocenters. The molecule has 23 heavy (non-hydrogen) atoms. The Hall–Kier alpha value is -1.46. The topological polar surface area (TPSA) is 75.7 Å². The summed E-state index contributed by atoms with van der Waals surface area (Å²) >= 11 is 0. The fourth-order valence-corrected chi connectivity index (χ4v) is 2.89. The average Bonchev–Trinajstić information content (AvgIpc) is 2.89. The van der Waals surface area contributed by atoms with Crippen LogP contribution in [0.25, 0.3) is 0 Å². The first kappa shape index (κ1) is 19.6. The first-order chi connectivity index (χ1) is 11.0. The molecule has 0 fully saturated rings. The Labute approximate surface area is 140 Å².